The molecule has 0 aliphatic rings. The summed E-state index contributed by atoms with van der Waals surface area (Å²) in [4.78, 5) is 0. The number of benzene rings is 1. The normalized spacial score (nSPS) is 11.1. The summed E-state index contributed by atoms with van der Waals surface area (Å²) >= 11 is 0. The molecule has 0 bridgehead atoms. The molecular formula is C12H17NO. The number of hydrogen-bond donors (Lipinski definition) is 1. The summed E-state index contributed by atoms with van der Waals surface area (Å²) in [5.41, 5.74) is 6.47. The first-order valence-corrected chi connectivity index (χ1v) is 4.65. The minimum absolute atomic E-state index is 0.322. The predicted molar refractivity (Wildman–Crippen MR) is 59.7 cm³/mol. The van der Waals surface area contributed by atoms with Crippen LogP contribution in [0.5, 0.6) is 0 Å². The van der Waals surface area contributed by atoms with Crippen molar-refractivity contribution < 1.29 is 4.74 Å². The van der Waals surface area contributed by atoms with Crippen LogP contribution in [0.15, 0.2) is 36.9 Å². The maximum Gasteiger partial charge on any atom is 0.119 e. The van der Waals surface area contributed by atoms with Crippen molar-refractivity contribution >= 4 is 5.76 Å². The molecule has 76 valence electrons. The zero-order valence-electron chi connectivity index (χ0n) is 8.79. The van der Waals surface area contributed by atoms with Crippen LogP contribution in [0.3, 0.4) is 0 Å². The monoisotopic (exact) mass is 191 g/mol. The minimum Gasteiger partial charge on any atom is -0.492 e. The van der Waals surface area contributed by atoms with Gasteiger partial charge in [0, 0.05) is 11.1 Å². The lowest BCUT2D eigenvalue weighted by molar-refractivity contribution is 0.212. The standard InChI is InChI=1S/C12H17NO/c1-10(14-9-12(2,3)13)11-7-5-4-6-8-11/h4-8H,1,9,13H2,2-3H3. The maximum absolute atomic E-state index is 5.80. The largest absolute Gasteiger partial charge is 0.492 e. The molecule has 0 fully saturated rings. The fraction of sp³-hybridized carbons (Fsp3) is 0.333. The van der Waals surface area contributed by atoms with E-state index in [1.54, 1.807) is 0 Å². The summed E-state index contributed by atoms with van der Waals surface area (Å²) in [6, 6.07) is 9.80. The van der Waals surface area contributed by atoms with Gasteiger partial charge in [-0.3, -0.25) is 0 Å². The quantitative estimate of drug-likeness (QED) is 0.742. The number of hydrogen-bond acceptors (Lipinski definition) is 2. The molecule has 0 aliphatic heterocycles. The first-order valence-electron chi connectivity index (χ1n) is 4.65. The molecule has 14 heavy (non-hydrogen) atoms. The van der Waals surface area contributed by atoms with Gasteiger partial charge in [-0.1, -0.05) is 36.9 Å². The van der Waals surface area contributed by atoms with Gasteiger partial charge in [0.2, 0.25) is 0 Å². The number of ether oxygens (including phenoxy) is 1. The van der Waals surface area contributed by atoms with Gasteiger partial charge < -0.3 is 10.5 Å². The Kier molecular flexibility index (Phi) is 3.31. The topological polar surface area (TPSA) is 35.2 Å². The molecule has 0 spiro atoms. The third-order valence-electron chi connectivity index (χ3n) is 1.71. The van der Waals surface area contributed by atoms with Crippen molar-refractivity contribution in [1.29, 1.82) is 0 Å². The van der Waals surface area contributed by atoms with Crippen molar-refractivity contribution in [1.82, 2.24) is 0 Å². The van der Waals surface area contributed by atoms with Gasteiger partial charge in [-0.05, 0) is 13.8 Å². The summed E-state index contributed by atoms with van der Waals surface area (Å²) in [6.45, 7) is 8.17. The van der Waals surface area contributed by atoms with E-state index in [0.717, 1.165) is 5.56 Å². The predicted octanol–water partition coefficient (Wildman–Crippen LogP) is 2.41. The van der Waals surface area contributed by atoms with Crippen LogP contribution in [-0.2, 0) is 4.74 Å². The molecule has 0 aromatic heterocycles. The lowest BCUT2D eigenvalue weighted by atomic mass is 10.1. The van der Waals surface area contributed by atoms with E-state index in [2.05, 4.69) is 6.58 Å². The zero-order chi connectivity index (χ0) is 10.6. The van der Waals surface area contributed by atoms with Crippen LogP contribution >= 0.6 is 0 Å². The first-order chi connectivity index (χ1) is 6.49. The summed E-state index contributed by atoms with van der Waals surface area (Å²) in [5.74, 6) is 0.670. The third-order valence-corrected chi connectivity index (χ3v) is 1.71. The molecule has 0 aliphatic carbocycles. The second-order valence-corrected chi connectivity index (χ2v) is 4.07. The highest BCUT2D eigenvalue weighted by molar-refractivity contribution is 5.56. The highest BCUT2D eigenvalue weighted by Gasteiger charge is 2.12. The molecule has 0 unspecified atom stereocenters. The molecular weight excluding hydrogens is 174 g/mol. The van der Waals surface area contributed by atoms with Crippen molar-refractivity contribution in [2.75, 3.05) is 6.61 Å². The Hall–Kier alpha value is -1.28. The van der Waals surface area contributed by atoms with Crippen LogP contribution in [0.4, 0.5) is 0 Å². The zero-order valence-corrected chi connectivity index (χ0v) is 8.79. The second-order valence-electron chi connectivity index (χ2n) is 4.07. The van der Waals surface area contributed by atoms with Gasteiger partial charge in [0.15, 0.2) is 0 Å². The summed E-state index contributed by atoms with van der Waals surface area (Å²) in [6.07, 6.45) is 0. The van der Waals surface area contributed by atoms with E-state index in [-0.39, 0.29) is 5.54 Å². The molecule has 1 aromatic carbocycles. The third kappa shape index (κ3) is 3.62. The average molecular weight is 191 g/mol. The fourth-order valence-corrected chi connectivity index (χ4v) is 0.980. The van der Waals surface area contributed by atoms with Crippen molar-refractivity contribution in [2.24, 2.45) is 5.73 Å². The Morgan fingerprint density at radius 1 is 1.36 bits per heavy atom. The Morgan fingerprint density at radius 2 is 1.93 bits per heavy atom. The maximum atomic E-state index is 5.80. The SMILES string of the molecule is C=C(OCC(C)(C)N)c1ccccc1. The van der Waals surface area contributed by atoms with E-state index in [0.29, 0.717) is 12.4 Å². The van der Waals surface area contributed by atoms with E-state index in [9.17, 15) is 0 Å². The van der Waals surface area contributed by atoms with Crippen LogP contribution in [0, 0.1) is 0 Å². The lowest BCUT2D eigenvalue weighted by Gasteiger charge is -2.20. The van der Waals surface area contributed by atoms with Crippen LogP contribution in [-0.4, -0.2) is 12.1 Å². The Labute approximate surface area is 85.4 Å². The van der Waals surface area contributed by atoms with E-state index in [1.165, 1.54) is 0 Å². The summed E-state index contributed by atoms with van der Waals surface area (Å²) < 4.78 is 5.47. The van der Waals surface area contributed by atoms with Crippen LogP contribution in [0.2, 0.25) is 0 Å². The van der Waals surface area contributed by atoms with E-state index >= 15 is 0 Å². The fourth-order valence-electron chi connectivity index (χ4n) is 0.980. The minimum atomic E-state index is -0.322. The van der Waals surface area contributed by atoms with Gasteiger partial charge in [0.05, 0.1) is 0 Å². The molecule has 0 amide bonds. The molecule has 1 rings (SSSR count). The number of nitrogens with two attached hydrogens (primary N) is 1. The van der Waals surface area contributed by atoms with Crippen LogP contribution in [0.25, 0.3) is 5.76 Å². The van der Waals surface area contributed by atoms with Crippen LogP contribution in [0.1, 0.15) is 19.4 Å². The molecule has 1 aromatic rings. The lowest BCUT2D eigenvalue weighted by Crippen LogP contribution is -2.37. The molecule has 2 N–H and O–H groups in total. The first kappa shape index (κ1) is 10.8. The summed E-state index contributed by atoms with van der Waals surface area (Å²) in [5, 5.41) is 0. The van der Waals surface area contributed by atoms with E-state index in [4.69, 9.17) is 10.5 Å². The average Bonchev–Trinajstić information content (AvgIpc) is 2.14. The highest BCUT2D eigenvalue weighted by atomic mass is 16.5. The molecule has 0 saturated carbocycles. The van der Waals surface area contributed by atoms with Crippen molar-refractivity contribution in [2.45, 2.75) is 19.4 Å². The number of rotatable bonds is 4. The Balaban J connectivity index is 2.52. The van der Waals surface area contributed by atoms with Crippen molar-refractivity contribution in [3.63, 3.8) is 0 Å². The molecule has 2 heteroatoms. The molecule has 2 nitrogen and oxygen atoms in total. The molecule has 0 radical (unpaired) electrons. The van der Waals surface area contributed by atoms with Crippen molar-refractivity contribution in [3.8, 4) is 0 Å². The summed E-state index contributed by atoms with van der Waals surface area (Å²) in [7, 11) is 0. The van der Waals surface area contributed by atoms with Gasteiger partial charge in [-0.2, -0.15) is 0 Å². The highest BCUT2D eigenvalue weighted by Crippen LogP contribution is 2.14. The van der Waals surface area contributed by atoms with Crippen molar-refractivity contribution in [3.05, 3.63) is 42.5 Å². The Bertz CT molecular complexity index is 298. The Morgan fingerprint density at radius 3 is 2.43 bits per heavy atom. The van der Waals surface area contributed by atoms with Gasteiger partial charge in [0.25, 0.3) is 0 Å². The molecule has 0 heterocycles. The second kappa shape index (κ2) is 4.29. The van der Waals surface area contributed by atoms with Crippen LogP contribution < -0.4 is 5.73 Å². The van der Waals surface area contributed by atoms with Gasteiger partial charge >= 0.3 is 0 Å². The smallest absolute Gasteiger partial charge is 0.119 e. The van der Waals surface area contributed by atoms with Gasteiger partial charge in [0.1, 0.15) is 12.4 Å². The molecule has 0 atom stereocenters. The molecule has 0 saturated heterocycles. The van der Waals surface area contributed by atoms with E-state index in [1.807, 2.05) is 44.2 Å². The van der Waals surface area contributed by atoms with Gasteiger partial charge in [-0.15, -0.1) is 0 Å². The van der Waals surface area contributed by atoms with Gasteiger partial charge in [-0.25, -0.2) is 0 Å². The van der Waals surface area contributed by atoms with E-state index < -0.39 is 0 Å².